The van der Waals surface area contributed by atoms with Gasteiger partial charge in [-0.1, -0.05) is 35.0 Å². The summed E-state index contributed by atoms with van der Waals surface area (Å²) in [6.07, 6.45) is 2.44. The predicted molar refractivity (Wildman–Crippen MR) is 101 cm³/mol. The van der Waals surface area contributed by atoms with Crippen LogP contribution in [0.15, 0.2) is 53.2 Å². The van der Waals surface area contributed by atoms with Crippen molar-refractivity contribution in [2.75, 3.05) is 26.6 Å². The van der Waals surface area contributed by atoms with E-state index in [9.17, 15) is 4.79 Å². The third-order valence-corrected chi connectivity index (χ3v) is 4.15. The van der Waals surface area contributed by atoms with Crippen molar-refractivity contribution in [3.8, 4) is 17.2 Å². The molecule has 0 saturated carbocycles. The van der Waals surface area contributed by atoms with Crippen molar-refractivity contribution in [2.24, 2.45) is 0 Å². The molecule has 1 N–H and O–H groups in total. The molecule has 146 valence electrons. The largest absolute Gasteiger partial charge is 0.493 e. The van der Waals surface area contributed by atoms with Gasteiger partial charge in [0.2, 0.25) is 11.0 Å². The third kappa shape index (κ3) is 4.40. The summed E-state index contributed by atoms with van der Waals surface area (Å²) in [5.74, 6) is 1.06. The molecule has 0 fully saturated rings. The maximum Gasteiger partial charge on any atom is 0.302 e. The van der Waals surface area contributed by atoms with Gasteiger partial charge in [-0.25, -0.2) is 0 Å². The number of methoxy groups -OCH3 is 3. The Bertz CT molecular complexity index is 915. The smallest absolute Gasteiger partial charge is 0.302 e. The van der Waals surface area contributed by atoms with Gasteiger partial charge in [-0.2, -0.15) is 0 Å². The molecule has 0 aliphatic rings. The number of ether oxygens (including phenoxy) is 3. The van der Waals surface area contributed by atoms with Crippen molar-refractivity contribution in [1.82, 2.24) is 5.27 Å². The molecular weight excluding hydrogens is 362 g/mol. The Morgan fingerprint density at radius 3 is 2.36 bits per heavy atom. The Balaban J connectivity index is 1.69. The lowest BCUT2D eigenvalue weighted by molar-refractivity contribution is -0.761. The van der Waals surface area contributed by atoms with E-state index in [1.807, 2.05) is 30.3 Å². The second kappa shape index (κ2) is 8.90. The van der Waals surface area contributed by atoms with E-state index in [2.05, 4.69) is 10.6 Å². The average molecular weight is 384 g/mol. The molecule has 0 aliphatic heterocycles. The molecule has 0 unspecified atom stereocenters. The fourth-order valence-corrected chi connectivity index (χ4v) is 2.72. The monoisotopic (exact) mass is 384 g/mol. The van der Waals surface area contributed by atoms with Crippen LogP contribution < -0.4 is 24.2 Å². The van der Waals surface area contributed by atoms with Gasteiger partial charge < -0.3 is 14.2 Å². The fourth-order valence-electron chi connectivity index (χ4n) is 2.72. The van der Waals surface area contributed by atoms with E-state index < -0.39 is 0 Å². The van der Waals surface area contributed by atoms with E-state index in [1.165, 1.54) is 26.9 Å². The maximum absolute atomic E-state index is 12.6. The summed E-state index contributed by atoms with van der Waals surface area (Å²) in [4.78, 5) is 12.6. The molecule has 1 amide bonds. The number of hydrogen-bond donors (Lipinski definition) is 1. The van der Waals surface area contributed by atoms with Crippen molar-refractivity contribution in [3.63, 3.8) is 0 Å². The highest BCUT2D eigenvalue weighted by atomic mass is 16.5. The second-order valence-electron chi connectivity index (χ2n) is 5.93. The van der Waals surface area contributed by atoms with Gasteiger partial charge in [-0.05, 0) is 17.7 Å². The number of amides is 1. The molecule has 0 saturated heterocycles. The van der Waals surface area contributed by atoms with Crippen LogP contribution in [-0.4, -0.2) is 32.5 Å². The van der Waals surface area contributed by atoms with E-state index in [0.717, 1.165) is 6.42 Å². The van der Waals surface area contributed by atoms with Crippen LogP contribution in [0.1, 0.15) is 15.9 Å². The number of carbonyl (C=O) groups is 1. The summed E-state index contributed by atoms with van der Waals surface area (Å²) in [7, 11) is 4.49. The van der Waals surface area contributed by atoms with Crippen molar-refractivity contribution in [2.45, 2.75) is 13.0 Å². The van der Waals surface area contributed by atoms with Crippen LogP contribution in [0.2, 0.25) is 0 Å². The van der Waals surface area contributed by atoms with Gasteiger partial charge in [0.1, 0.15) is 0 Å². The number of carbonyl (C=O) groups excluding carboxylic acids is 1. The Morgan fingerprint density at radius 1 is 1.07 bits per heavy atom. The summed E-state index contributed by atoms with van der Waals surface area (Å²) < 4.78 is 22.6. The van der Waals surface area contributed by atoms with Gasteiger partial charge in [-0.15, -0.1) is 0 Å². The van der Waals surface area contributed by atoms with Gasteiger partial charge in [-0.3, -0.25) is 14.6 Å². The fraction of sp³-hybridized carbons (Fsp3) is 0.250. The van der Waals surface area contributed by atoms with Gasteiger partial charge in [0.25, 0.3) is 12.1 Å². The number of benzene rings is 2. The zero-order valence-electron chi connectivity index (χ0n) is 16.0. The Labute approximate surface area is 162 Å². The number of anilines is 1. The lowest BCUT2D eigenvalue weighted by Crippen LogP contribution is -2.35. The van der Waals surface area contributed by atoms with Crippen LogP contribution in [0.4, 0.5) is 5.88 Å². The van der Waals surface area contributed by atoms with Gasteiger partial charge >= 0.3 is 5.88 Å². The standard InChI is InChI=1S/C20H21N3O5/c1-25-16-11-15(12-17(26-2)19(16)27-3)20(24)21-18-13-23(22-28-18)10-9-14-7-5-4-6-8-14/h4-8,11-13H,9-10H2,1-3H3/p+1. The number of rotatable bonds is 8. The zero-order valence-corrected chi connectivity index (χ0v) is 16.0. The second-order valence-corrected chi connectivity index (χ2v) is 5.93. The molecule has 0 atom stereocenters. The van der Waals surface area contributed by atoms with E-state index in [-0.39, 0.29) is 11.8 Å². The van der Waals surface area contributed by atoms with E-state index in [0.29, 0.717) is 29.4 Å². The Hall–Kier alpha value is -3.55. The number of aromatic nitrogens is 2. The quantitative estimate of drug-likeness (QED) is 0.601. The predicted octanol–water partition coefficient (Wildman–Crippen LogP) is 2.48. The minimum atomic E-state index is -0.384. The normalized spacial score (nSPS) is 10.4. The zero-order chi connectivity index (χ0) is 19.9. The molecule has 3 aromatic rings. The maximum atomic E-state index is 12.6. The van der Waals surface area contributed by atoms with Crippen molar-refractivity contribution in [3.05, 3.63) is 59.8 Å². The highest BCUT2D eigenvalue weighted by Crippen LogP contribution is 2.38. The first-order valence-corrected chi connectivity index (χ1v) is 8.66. The topological polar surface area (TPSA) is 86.7 Å². The Morgan fingerprint density at radius 2 is 1.75 bits per heavy atom. The highest BCUT2D eigenvalue weighted by molar-refractivity contribution is 6.04. The summed E-state index contributed by atoms with van der Waals surface area (Å²) in [6, 6.07) is 13.2. The first-order valence-electron chi connectivity index (χ1n) is 8.66. The number of hydrogen-bond acceptors (Lipinski definition) is 6. The molecule has 0 radical (unpaired) electrons. The lowest BCUT2D eigenvalue weighted by Gasteiger charge is -2.13. The van der Waals surface area contributed by atoms with Crippen molar-refractivity contribution >= 4 is 11.8 Å². The average Bonchev–Trinajstić information content (AvgIpc) is 3.19. The summed E-state index contributed by atoms with van der Waals surface area (Å²) in [6.45, 7) is 0.633. The van der Waals surface area contributed by atoms with Crippen LogP contribution >= 0.6 is 0 Å². The van der Waals surface area contributed by atoms with Crippen LogP contribution in [-0.2, 0) is 13.0 Å². The summed E-state index contributed by atoms with van der Waals surface area (Å²) in [5, 5.41) is 6.61. The molecule has 2 aromatic carbocycles. The number of nitrogens with zero attached hydrogens (tertiary/aromatic N) is 2. The molecule has 0 bridgehead atoms. The molecule has 0 spiro atoms. The molecule has 1 aromatic heterocycles. The minimum absolute atomic E-state index is 0.242. The molecule has 8 nitrogen and oxygen atoms in total. The van der Waals surface area contributed by atoms with E-state index >= 15 is 0 Å². The lowest BCUT2D eigenvalue weighted by atomic mass is 10.1. The van der Waals surface area contributed by atoms with Crippen LogP contribution in [0, 0.1) is 0 Å². The molecular formula is C20H22N3O5+. The van der Waals surface area contributed by atoms with E-state index in [1.54, 1.807) is 23.0 Å². The van der Waals surface area contributed by atoms with Crippen molar-refractivity contribution in [1.29, 1.82) is 0 Å². The molecule has 8 heteroatoms. The van der Waals surface area contributed by atoms with Crippen LogP contribution in [0.3, 0.4) is 0 Å². The third-order valence-electron chi connectivity index (χ3n) is 4.15. The minimum Gasteiger partial charge on any atom is -0.493 e. The number of nitrogens with one attached hydrogen (secondary N) is 1. The van der Waals surface area contributed by atoms with Crippen LogP contribution in [0.25, 0.3) is 0 Å². The highest BCUT2D eigenvalue weighted by Gasteiger charge is 2.19. The van der Waals surface area contributed by atoms with E-state index in [4.69, 9.17) is 18.7 Å². The van der Waals surface area contributed by atoms with Gasteiger partial charge in [0.15, 0.2) is 18.0 Å². The first-order chi connectivity index (χ1) is 13.6. The molecule has 0 aliphatic carbocycles. The molecule has 3 rings (SSSR count). The summed E-state index contributed by atoms with van der Waals surface area (Å²) >= 11 is 0. The Kier molecular flexibility index (Phi) is 6.11. The van der Waals surface area contributed by atoms with Crippen molar-refractivity contribution < 1.29 is 28.2 Å². The van der Waals surface area contributed by atoms with Gasteiger partial charge in [0, 0.05) is 12.0 Å². The SMILES string of the molecule is COc1cc(C(=O)Nc2c[n+](CCc3ccccc3)no2)cc(OC)c1OC. The number of aryl methyl sites for hydroxylation is 2. The molecule has 28 heavy (non-hydrogen) atoms. The summed E-state index contributed by atoms with van der Waals surface area (Å²) in [5.41, 5.74) is 1.53. The first kappa shape index (κ1) is 19.2. The molecule has 1 heterocycles. The van der Waals surface area contributed by atoms with Crippen LogP contribution in [0.5, 0.6) is 17.2 Å². The van der Waals surface area contributed by atoms with Gasteiger partial charge in [0.05, 0.1) is 21.3 Å².